The van der Waals surface area contributed by atoms with Crippen LogP contribution in [0.15, 0.2) is 18.2 Å². The fourth-order valence-electron chi connectivity index (χ4n) is 2.71. The summed E-state index contributed by atoms with van der Waals surface area (Å²) < 4.78 is 0. The minimum Gasteiger partial charge on any atom is -0.508 e. The van der Waals surface area contributed by atoms with Gasteiger partial charge in [0, 0.05) is 17.6 Å². The molecule has 0 aromatic heterocycles. The van der Waals surface area contributed by atoms with Gasteiger partial charge in [0.15, 0.2) is 0 Å². The molecule has 0 heterocycles. The molecule has 1 aromatic rings. The second kappa shape index (κ2) is 5.72. The molecule has 1 aliphatic rings. The second-order valence-corrected chi connectivity index (χ2v) is 5.46. The SMILES string of the molecule is Cc1ccc(C(C)NC2CCC(O)CC2)c(O)c1. The molecule has 2 rings (SSSR count). The molecule has 0 aliphatic heterocycles. The van der Waals surface area contributed by atoms with Crippen molar-refractivity contribution in [2.45, 2.75) is 57.7 Å². The third-order valence-electron chi connectivity index (χ3n) is 3.83. The zero-order valence-electron chi connectivity index (χ0n) is 11.2. The van der Waals surface area contributed by atoms with Crippen molar-refractivity contribution in [3.05, 3.63) is 29.3 Å². The van der Waals surface area contributed by atoms with Gasteiger partial charge in [-0.3, -0.25) is 0 Å². The summed E-state index contributed by atoms with van der Waals surface area (Å²) in [5.74, 6) is 0.367. The van der Waals surface area contributed by atoms with Gasteiger partial charge in [0.25, 0.3) is 0 Å². The monoisotopic (exact) mass is 249 g/mol. The maximum Gasteiger partial charge on any atom is 0.120 e. The van der Waals surface area contributed by atoms with Gasteiger partial charge in [-0.1, -0.05) is 12.1 Å². The van der Waals surface area contributed by atoms with Crippen LogP contribution in [0, 0.1) is 6.92 Å². The Kier molecular flexibility index (Phi) is 4.25. The maximum absolute atomic E-state index is 9.95. The van der Waals surface area contributed by atoms with Crippen LogP contribution < -0.4 is 5.32 Å². The van der Waals surface area contributed by atoms with Crippen molar-refractivity contribution in [1.29, 1.82) is 0 Å². The first kappa shape index (κ1) is 13.4. The minimum atomic E-state index is -0.119. The van der Waals surface area contributed by atoms with Crippen molar-refractivity contribution in [3.63, 3.8) is 0 Å². The molecule has 3 nitrogen and oxygen atoms in total. The van der Waals surface area contributed by atoms with Gasteiger partial charge in [-0.15, -0.1) is 0 Å². The lowest BCUT2D eigenvalue weighted by atomic mass is 9.92. The van der Waals surface area contributed by atoms with Crippen LogP contribution in [0.3, 0.4) is 0 Å². The highest BCUT2D eigenvalue weighted by molar-refractivity contribution is 5.37. The highest BCUT2D eigenvalue weighted by Gasteiger charge is 2.21. The molecule has 0 spiro atoms. The maximum atomic E-state index is 9.95. The van der Waals surface area contributed by atoms with Crippen LogP contribution in [-0.2, 0) is 0 Å². The topological polar surface area (TPSA) is 52.5 Å². The normalized spacial score (nSPS) is 25.9. The molecule has 0 saturated heterocycles. The van der Waals surface area contributed by atoms with Crippen LogP contribution in [0.5, 0.6) is 5.75 Å². The Morgan fingerprint density at radius 1 is 1.22 bits per heavy atom. The average molecular weight is 249 g/mol. The molecule has 1 unspecified atom stereocenters. The first-order valence-corrected chi connectivity index (χ1v) is 6.80. The number of phenolic OH excluding ortho intramolecular Hbond substituents is 1. The highest BCUT2D eigenvalue weighted by atomic mass is 16.3. The molecule has 1 fully saturated rings. The fourth-order valence-corrected chi connectivity index (χ4v) is 2.71. The quantitative estimate of drug-likeness (QED) is 0.772. The number of hydrogen-bond donors (Lipinski definition) is 3. The summed E-state index contributed by atoms with van der Waals surface area (Å²) in [6.07, 6.45) is 3.66. The lowest BCUT2D eigenvalue weighted by Gasteiger charge is -2.29. The Bertz CT molecular complexity index is 397. The van der Waals surface area contributed by atoms with Crippen LogP contribution >= 0.6 is 0 Å². The van der Waals surface area contributed by atoms with Gasteiger partial charge in [0.05, 0.1) is 6.10 Å². The molecule has 100 valence electrons. The Hall–Kier alpha value is -1.06. The zero-order valence-corrected chi connectivity index (χ0v) is 11.2. The van der Waals surface area contributed by atoms with Crippen LogP contribution in [0.1, 0.15) is 49.8 Å². The third kappa shape index (κ3) is 3.24. The van der Waals surface area contributed by atoms with Crippen molar-refractivity contribution in [2.75, 3.05) is 0 Å². The van der Waals surface area contributed by atoms with E-state index in [1.165, 1.54) is 0 Å². The number of aliphatic hydroxyl groups is 1. The van der Waals surface area contributed by atoms with E-state index >= 15 is 0 Å². The van der Waals surface area contributed by atoms with Crippen LogP contribution in [0.4, 0.5) is 0 Å². The average Bonchev–Trinajstić information content (AvgIpc) is 2.32. The lowest BCUT2D eigenvalue weighted by molar-refractivity contribution is 0.114. The number of aliphatic hydroxyl groups excluding tert-OH is 1. The van der Waals surface area contributed by atoms with Gasteiger partial charge in [0.1, 0.15) is 5.75 Å². The molecule has 1 aliphatic carbocycles. The van der Waals surface area contributed by atoms with Crippen molar-refractivity contribution in [3.8, 4) is 5.75 Å². The summed E-state index contributed by atoms with van der Waals surface area (Å²) in [7, 11) is 0. The number of aromatic hydroxyl groups is 1. The largest absolute Gasteiger partial charge is 0.508 e. The van der Waals surface area contributed by atoms with E-state index in [-0.39, 0.29) is 12.1 Å². The number of nitrogens with one attached hydrogen (secondary N) is 1. The minimum absolute atomic E-state index is 0.119. The number of phenols is 1. The Balaban J connectivity index is 1.97. The van der Waals surface area contributed by atoms with Gasteiger partial charge >= 0.3 is 0 Å². The standard InChI is InChI=1S/C15H23NO2/c1-10-3-8-14(15(18)9-10)11(2)16-12-4-6-13(17)7-5-12/h3,8-9,11-13,16-18H,4-7H2,1-2H3. The predicted molar refractivity (Wildman–Crippen MR) is 72.7 cm³/mol. The third-order valence-corrected chi connectivity index (χ3v) is 3.83. The molecule has 1 saturated carbocycles. The Morgan fingerprint density at radius 2 is 1.89 bits per heavy atom. The van der Waals surface area contributed by atoms with Crippen molar-refractivity contribution in [2.24, 2.45) is 0 Å². The molecule has 18 heavy (non-hydrogen) atoms. The van der Waals surface area contributed by atoms with E-state index in [0.29, 0.717) is 11.8 Å². The van der Waals surface area contributed by atoms with E-state index in [4.69, 9.17) is 0 Å². The Morgan fingerprint density at radius 3 is 2.50 bits per heavy atom. The summed E-state index contributed by atoms with van der Waals surface area (Å²) in [6, 6.07) is 6.41. The summed E-state index contributed by atoms with van der Waals surface area (Å²) in [5, 5.41) is 23.0. The first-order chi connectivity index (χ1) is 8.56. The van der Waals surface area contributed by atoms with E-state index in [9.17, 15) is 10.2 Å². The number of hydrogen-bond acceptors (Lipinski definition) is 3. The second-order valence-electron chi connectivity index (χ2n) is 5.46. The number of aryl methyl sites for hydroxylation is 1. The van der Waals surface area contributed by atoms with Gasteiger partial charge in [-0.2, -0.15) is 0 Å². The van der Waals surface area contributed by atoms with Crippen LogP contribution in [0.2, 0.25) is 0 Å². The molecular weight excluding hydrogens is 226 g/mol. The zero-order chi connectivity index (χ0) is 13.1. The molecular formula is C15H23NO2. The van der Waals surface area contributed by atoms with Crippen molar-refractivity contribution in [1.82, 2.24) is 5.32 Å². The predicted octanol–water partition coefficient (Wildman–Crippen LogP) is 2.65. The summed E-state index contributed by atoms with van der Waals surface area (Å²) in [5.41, 5.74) is 2.02. The van der Waals surface area contributed by atoms with Crippen molar-refractivity contribution >= 4 is 0 Å². The molecule has 0 amide bonds. The lowest BCUT2D eigenvalue weighted by Crippen LogP contribution is -2.36. The molecule has 0 bridgehead atoms. The number of benzene rings is 1. The van der Waals surface area contributed by atoms with E-state index in [1.807, 2.05) is 19.1 Å². The van der Waals surface area contributed by atoms with E-state index in [2.05, 4.69) is 12.2 Å². The molecule has 0 radical (unpaired) electrons. The van der Waals surface area contributed by atoms with Gasteiger partial charge < -0.3 is 15.5 Å². The van der Waals surface area contributed by atoms with Crippen molar-refractivity contribution < 1.29 is 10.2 Å². The van der Waals surface area contributed by atoms with E-state index in [0.717, 1.165) is 36.8 Å². The summed E-state index contributed by atoms with van der Waals surface area (Å²) >= 11 is 0. The van der Waals surface area contributed by atoms with Gasteiger partial charge in [-0.05, 0) is 51.2 Å². The molecule has 3 N–H and O–H groups in total. The smallest absolute Gasteiger partial charge is 0.120 e. The summed E-state index contributed by atoms with van der Waals surface area (Å²) in [6.45, 7) is 4.06. The van der Waals surface area contributed by atoms with Crippen LogP contribution in [-0.4, -0.2) is 22.4 Å². The molecule has 1 atom stereocenters. The van der Waals surface area contributed by atoms with E-state index in [1.54, 1.807) is 6.07 Å². The first-order valence-electron chi connectivity index (χ1n) is 6.80. The Labute approximate surface area is 109 Å². The molecule has 1 aromatic carbocycles. The van der Waals surface area contributed by atoms with Gasteiger partial charge in [-0.25, -0.2) is 0 Å². The number of rotatable bonds is 3. The van der Waals surface area contributed by atoms with E-state index < -0.39 is 0 Å². The highest BCUT2D eigenvalue weighted by Crippen LogP contribution is 2.27. The summed E-state index contributed by atoms with van der Waals surface area (Å²) in [4.78, 5) is 0. The fraction of sp³-hybridized carbons (Fsp3) is 0.600. The molecule has 3 heteroatoms. The van der Waals surface area contributed by atoms with Crippen LogP contribution in [0.25, 0.3) is 0 Å². The van der Waals surface area contributed by atoms with Gasteiger partial charge in [0.2, 0.25) is 0 Å².